The molecule has 0 N–H and O–H groups in total. The van der Waals surface area contributed by atoms with Gasteiger partial charge < -0.3 is 0 Å². The molecule has 0 radical (unpaired) electrons. The molecule has 0 aliphatic rings. The summed E-state index contributed by atoms with van der Waals surface area (Å²) in [4.78, 5) is 32.2. The third-order valence-electron chi connectivity index (χ3n) is 4.42. The van der Waals surface area contributed by atoms with Crippen molar-refractivity contribution < 1.29 is 18.7 Å². The smallest absolute Gasteiger partial charge is 0.268 e. The van der Waals surface area contributed by atoms with Crippen molar-refractivity contribution in [2.75, 3.05) is 5.75 Å². The number of carbonyl (C=O) groups is 1. The van der Waals surface area contributed by atoms with Gasteiger partial charge in [-0.15, -0.1) is 0 Å². The van der Waals surface area contributed by atoms with Crippen molar-refractivity contribution in [1.29, 1.82) is 0 Å². The molecule has 0 fully saturated rings. The third kappa shape index (κ3) is 3.95. The number of hydrogen-bond donors (Lipinski definition) is 0. The first-order valence-electron chi connectivity index (χ1n) is 8.89. The van der Waals surface area contributed by atoms with E-state index in [4.69, 9.17) is 0 Å². The van der Waals surface area contributed by atoms with Crippen molar-refractivity contribution >= 4 is 28.6 Å². The van der Waals surface area contributed by atoms with Crippen LogP contribution in [-0.4, -0.2) is 21.3 Å². The second-order valence-corrected chi connectivity index (χ2v) is 7.29. The summed E-state index contributed by atoms with van der Waals surface area (Å²) in [6, 6.07) is 20.3. The minimum atomic E-state index is -1.11. The van der Waals surface area contributed by atoms with E-state index in [1.54, 1.807) is 18.2 Å². The van der Waals surface area contributed by atoms with E-state index in [9.17, 15) is 18.5 Å². The number of benzene rings is 3. The summed E-state index contributed by atoms with van der Waals surface area (Å²) in [6.45, 7) is 0. The Bertz CT molecular complexity index is 1290. The lowest BCUT2D eigenvalue weighted by Gasteiger charge is -2.13. The molecule has 0 amide bonds. The zero-order valence-corrected chi connectivity index (χ0v) is 16.2. The monoisotopic (exact) mass is 424 g/mol. The number of halogens is 2. The van der Waals surface area contributed by atoms with Crippen LogP contribution >= 0.6 is 11.8 Å². The van der Waals surface area contributed by atoms with E-state index in [0.717, 1.165) is 22.9 Å². The van der Waals surface area contributed by atoms with Gasteiger partial charge in [0.25, 0.3) is 5.56 Å². The fourth-order valence-electron chi connectivity index (χ4n) is 3.06. The van der Waals surface area contributed by atoms with Gasteiger partial charge in [0.05, 0.1) is 16.6 Å². The Morgan fingerprint density at radius 3 is 2.53 bits per heavy atom. The zero-order chi connectivity index (χ0) is 21.1. The maximum atomic E-state index is 13.8. The first-order valence-corrected chi connectivity index (χ1v) is 9.88. The minimum Gasteiger partial charge on any atom is -0.268 e. The van der Waals surface area contributed by atoms with Gasteiger partial charge in [-0.2, -0.15) is 0 Å². The third-order valence-corrected chi connectivity index (χ3v) is 5.33. The standard InChI is InChI=1S/C22H14F2N2O3S/c23-16-7-4-8-17(12-16)26-21(28)18-11-15(14-5-2-1-3-6-14)9-10-19(18)25-22(26)30-13-20(27)29-24/h1-12H,13H2. The van der Waals surface area contributed by atoms with Crippen LogP contribution in [0.3, 0.4) is 0 Å². The quantitative estimate of drug-likeness (QED) is 0.343. The molecule has 0 spiro atoms. The molecule has 1 heterocycles. The van der Waals surface area contributed by atoms with Crippen LogP contribution in [0.5, 0.6) is 0 Å². The van der Waals surface area contributed by atoms with Gasteiger partial charge in [0.2, 0.25) is 0 Å². The minimum absolute atomic E-state index is 0.121. The molecular weight excluding hydrogens is 410 g/mol. The van der Waals surface area contributed by atoms with Gasteiger partial charge in [-0.3, -0.25) is 14.3 Å². The maximum absolute atomic E-state index is 13.8. The van der Waals surface area contributed by atoms with Gasteiger partial charge in [0, 0.05) is 4.53 Å². The van der Waals surface area contributed by atoms with E-state index in [0.29, 0.717) is 10.9 Å². The van der Waals surface area contributed by atoms with E-state index in [1.165, 1.54) is 22.8 Å². The van der Waals surface area contributed by atoms with Crippen LogP contribution < -0.4 is 5.56 Å². The number of hydrogen-bond acceptors (Lipinski definition) is 5. The van der Waals surface area contributed by atoms with Crippen LogP contribution in [-0.2, 0) is 9.74 Å². The lowest BCUT2D eigenvalue weighted by molar-refractivity contribution is -0.179. The summed E-state index contributed by atoms with van der Waals surface area (Å²) in [5, 5.41) is 0.453. The molecule has 0 bridgehead atoms. The van der Waals surface area contributed by atoms with Gasteiger partial charge in [-0.1, -0.05) is 54.2 Å². The highest BCUT2D eigenvalue weighted by atomic mass is 32.2. The number of aromatic nitrogens is 2. The molecule has 4 aromatic rings. The molecule has 30 heavy (non-hydrogen) atoms. The molecule has 0 aliphatic carbocycles. The van der Waals surface area contributed by atoms with Crippen LogP contribution in [0, 0.1) is 5.82 Å². The summed E-state index contributed by atoms with van der Waals surface area (Å²) in [5.74, 6) is -2.04. The molecule has 0 aliphatic heterocycles. The summed E-state index contributed by atoms with van der Waals surface area (Å²) in [6.07, 6.45) is 0. The lowest BCUT2D eigenvalue weighted by Crippen LogP contribution is -2.22. The maximum Gasteiger partial charge on any atom is 0.359 e. The second-order valence-electron chi connectivity index (χ2n) is 6.35. The highest BCUT2D eigenvalue weighted by molar-refractivity contribution is 7.99. The van der Waals surface area contributed by atoms with E-state index in [-0.39, 0.29) is 10.8 Å². The number of rotatable bonds is 5. The van der Waals surface area contributed by atoms with Crippen molar-refractivity contribution in [3.63, 3.8) is 0 Å². The molecule has 0 saturated carbocycles. The number of carbonyl (C=O) groups excluding carboxylic acids is 1. The molecular formula is C22H14F2N2O3S. The SMILES string of the molecule is O=C(CSc1nc2ccc(-c3ccccc3)cc2c(=O)n1-c1cccc(F)c1)OF. The Balaban J connectivity index is 1.92. The fourth-order valence-corrected chi connectivity index (χ4v) is 3.83. The average Bonchev–Trinajstić information content (AvgIpc) is 2.78. The Labute approximate surface area is 173 Å². The Hall–Kier alpha value is -3.52. The topological polar surface area (TPSA) is 61.2 Å². The van der Waals surface area contributed by atoms with Crippen LogP contribution in [0.25, 0.3) is 27.7 Å². The van der Waals surface area contributed by atoms with Crippen molar-refractivity contribution in [2.45, 2.75) is 5.16 Å². The van der Waals surface area contributed by atoms with E-state index in [1.807, 2.05) is 36.4 Å². The summed E-state index contributed by atoms with van der Waals surface area (Å²) >= 11 is 0.825. The highest BCUT2D eigenvalue weighted by Gasteiger charge is 2.16. The number of nitrogens with zero attached hydrogens (tertiary/aromatic N) is 2. The molecule has 3 aromatic carbocycles. The van der Waals surface area contributed by atoms with Crippen molar-refractivity contribution in [1.82, 2.24) is 9.55 Å². The van der Waals surface area contributed by atoms with E-state index in [2.05, 4.69) is 9.93 Å². The summed E-state index contributed by atoms with van der Waals surface area (Å²) < 4.78 is 27.1. The molecule has 8 heteroatoms. The highest BCUT2D eigenvalue weighted by Crippen LogP contribution is 2.25. The lowest BCUT2D eigenvalue weighted by atomic mass is 10.0. The normalized spacial score (nSPS) is 10.9. The average molecular weight is 424 g/mol. The Kier molecular flexibility index (Phi) is 5.58. The number of thioether (sulfide) groups is 1. The Morgan fingerprint density at radius 2 is 1.80 bits per heavy atom. The van der Waals surface area contributed by atoms with Gasteiger partial charge in [0.15, 0.2) is 5.16 Å². The number of fused-ring (bicyclic) bond motifs is 1. The summed E-state index contributed by atoms with van der Waals surface area (Å²) in [7, 11) is 0. The first kappa shape index (κ1) is 19.8. The molecule has 4 rings (SSSR count). The predicted molar refractivity (Wildman–Crippen MR) is 111 cm³/mol. The van der Waals surface area contributed by atoms with Crippen molar-refractivity contribution in [3.05, 3.63) is 89.0 Å². The van der Waals surface area contributed by atoms with Crippen LogP contribution in [0.1, 0.15) is 0 Å². The largest absolute Gasteiger partial charge is 0.359 e. The van der Waals surface area contributed by atoms with Crippen molar-refractivity contribution in [3.8, 4) is 16.8 Å². The zero-order valence-electron chi connectivity index (χ0n) is 15.4. The molecule has 0 saturated heterocycles. The Morgan fingerprint density at radius 1 is 1.00 bits per heavy atom. The van der Waals surface area contributed by atoms with Gasteiger partial charge in [-0.25, -0.2) is 14.2 Å². The predicted octanol–water partition coefficient (Wildman–Crippen LogP) is 4.71. The molecule has 5 nitrogen and oxygen atoms in total. The molecule has 150 valence electrons. The van der Waals surface area contributed by atoms with Crippen LogP contribution in [0.2, 0.25) is 0 Å². The van der Waals surface area contributed by atoms with Crippen molar-refractivity contribution in [2.24, 2.45) is 0 Å². The van der Waals surface area contributed by atoms with Crippen LogP contribution in [0.15, 0.2) is 82.7 Å². The first-order chi connectivity index (χ1) is 14.6. The van der Waals surface area contributed by atoms with Crippen LogP contribution in [0.4, 0.5) is 8.92 Å². The van der Waals surface area contributed by atoms with Gasteiger partial charge >= 0.3 is 5.97 Å². The van der Waals surface area contributed by atoms with Gasteiger partial charge in [-0.05, 0) is 41.5 Å². The molecule has 0 unspecified atom stereocenters. The second kappa shape index (κ2) is 8.46. The summed E-state index contributed by atoms with van der Waals surface area (Å²) in [5.41, 5.74) is 1.98. The molecule has 1 aromatic heterocycles. The fraction of sp³-hybridized carbons (Fsp3) is 0.0455. The molecule has 0 atom stereocenters. The van der Waals surface area contributed by atoms with Gasteiger partial charge in [0.1, 0.15) is 11.6 Å². The van der Waals surface area contributed by atoms with E-state index >= 15 is 0 Å². The van der Waals surface area contributed by atoms with E-state index < -0.39 is 23.1 Å².